The lowest BCUT2D eigenvalue weighted by atomic mass is 9.96. The Hall–Kier alpha value is -2.28. The molecule has 0 radical (unpaired) electrons. The van der Waals surface area contributed by atoms with Crippen LogP contribution in [0.5, 0.6) is 5.75 Å². The molecule has 7 nitrogen and oxygen atoms in total. The highest BCUT2D eigenvalue weighted by molar-refractivity contribution is 5.94. The highest BCUT2D eigenvalue weighted by atomic mass is 16.5. The number of amides is 3. The number of carbonyl (C=O) groups excluding carboxylic acids is 2. The molecule has 2 fully saturated rings. The zero-order valence-electron chi connectivity index (χ0n) is 20.4. The van der Waals surface area contributed by atoms with E-state index in [0.29, 0.717) is 19.6 Å². The first-order valence-electron chi connectivity index (χ1n) is 12.9. The number of ether oxygens (including phenoxy) is 1. The van der Waals surface area contributed by atoms with Crippen molar-refractivity contribution in [3.8, 4) is 5.75 Å². The van der Waals surface area contributed by atoms with Crippen molar-refractivity contribution in [1.29, 1.82) is 0 Å². The van der Waals surface area contributed by atoms with Crippen LogP contribution < -0.4 is 15.0 Å². The van der Waals surface area contributed by atoms with Crippen LogP contribution in [-0.2, 0) is 4.79 Å². The molecule has 1 N–H and O–H groups in total. The summed E-state index contributed by atoms with van der Waals surface area (Å²) in [6.07, 6.45) is 7.52. The number of benzene rings is 1. The number of nitrogens with zero attached hydrogens (tertiary/aromatic N) is 3. The van der Waals surface area contributed by atoms with Gasteiger partial charge in [0.15, 0.2) is 0 Å². The van der Waals surface area contributed by atoms with Crippen molar-refractivity contribution >= 4 is 17.6 Å². The molecule has 7 heteroatoms. The lowest BCUT2D eigenvalue weighted by Gasteiger charge is -2.39. The van der Waals surface area contributed by atoms with Crippen LogP contribution in [0, 0.1) is 12.8 Å². The van der Waals surface area contributed by atoms with Gasteiger partial charge in [0.1, 0.15) is 11.9 Å². The Balaban J connectivity index is 1.27. The van der Waals surface area contributed by atoms with Gasteiger partial charge in [-0.05, 0) is 69.8 Å². The maximum atomic E-state index is 13.4. The lowest BCUT2D eigenvalue weighted by Crippen LogP contribution is -2.52. The molecule has 2 saturated heterocycles. The normalized spacial score (nSPS) is 22.3. The van der Waals surface area contributed by atoms with Gasteiger partial charge in [-0.1, -0.05) is 25.8 Å². The number of hydrogen-bond donors (Lipinski definition) is 1. The number of carbonyl (C=O) groups is 2. The maximum absolute atomic E-state index is 13.4. The molecular formula is C26H40N4O3. The van der Waals surface area contributed by atoms with Crippen LogP contribution in [-0.4, -0.2) is 73.7 Å². The molecular weight excluding hydrogens is 416 g/mol. The summed E-state index contributed by atoms with van der Waals surface area (Å²) in [5.41, 5.74) is 1.97. The van der Waals surface area contributed by atoms with Crippen molar-refractivity contribution in [2.45, 2.75) is 64.9 Å². The van der Waals surface area contributed by atoms with Gasteiger partial charge in [0.2, 0.25) is 5.91 Å². The highest BCUT2D eigenvalue weighted by Crippen LogP contribution is 2.36. The van der Waals surface area contributed by atoms with E-state index in [9.17, 15) is 9.59 Å². The second kappa shape index (κ2) is 11.2. The second-order valence-corrected chi connectivity index (χ2v) is 9.82. The fourth-order valence-corrected chi connectivity index (χ4v) is 5.20. The molecule has 3 aliphatic heterocycles. The summed E-state index contributed by atoms with van der Waals surface area (Å²) in [6.45, 7) is 9.91. The second-order valence-electron chi connectivity index (χ2n) is 9.82. The zero-order valence-corrected chi connectivity index (χ0v) is 20.4. The van der Waals surface area contributed by atoms with Crippen molar-refractivity contribution in [2.75, 3.05) is 50.7 Å². The van der Waals surface area contributed by atoms with Gasteiger partial charge in [0, 0.05) is 32.1 Å². The molecule has 1 aromatic rings. The number of anilines is 1. The number of fused-ring (bicyclic) bond motifs is 1. The number of nitrogens with one attached hydrogen (secondary N) is 1. The van der Waals surface area contributed by atoms with E-state index in [-0.39, 0.29) is 24.0 Å². The third-order valence-corrected chi connectivity index (χ3v) is 7.33. The first-order chi connectivity index (χ1) is 16.0. The predicted molar refractivity (Wildman–Crippen MR) is 131 cm³/mol. The smallest absolute Gasteiger partial charge is 0.324 e. The van der Waals surface area contributed by atoms with E-state index >= 15 is 0 Å². The van der Waals surface area contributed by atoms with Crippen molar-refractivity contribution < 1.29 is 14.3 Å². The number of urea groups is 1. The molecule has 0 saturated carbocycles. The third-order valence-electron chi connectivity index (χ3n) is 7.33. The molecule has 3 aliphatic rings. The number of likely N-dealkylation sites (tertiary alicyclic amines) is 2. The van der Waals surface area contributed by atoms with E-state index in [1.807, 2.05) is 34.9 Å². The predicted octanol–water partition coefficient (Wildman–Crippen LogP) is 3.80. The monoisotopic (exact) mass is 456 g/mol. The van der Waals surface area contributed by atoms with Crippen molar-refractivity contribution in [3.05, 3.63) is 23.8 Å². The largest absolute Gasteiger partial charge is 0.486 e. The third kappa shape index (κ3) is 5.99. The summed E-state index contributed by atoms with van der Waals surface area (Å²) in [5.74, 6) is 0.932. The van der Waals surface area contributed by atoms with E-state index in [1.165, 1.54) is 25.7 Å². The summed E-state index contributed by atoms with van der Waals surface area (Å²) in [7, 11) is 0. The molecule has 1 atom stereocenters. The molecule has 0 spiro atoms. The molecule has 3 amide bonds. The summed E-state index contributed by atoms with van der Waals surface area (Å²) < 4.78 is 6.07. The van der Waals surface area contributed by atoms with Crippen LogP contribution in [0.2, 0.25) is 0 Å². The van der Waals surface area contributed by atoms with E-state index in [0.717, 1.165) is 62.4 Å². The Morgan fingerprint density at radius 1 is 1.06 bits per heavy atom. The van der Waals surface area contributed by atoms with Crippen LogP contribution in [0.4, 0.5) is 10.5 Å². The quantitative estimate of drug-likeness (QED) is 0.732. The van der Waals surface area contributed by atoms with Gasteiger partial charge in [-0.2, -0.15) is 0 Å². The minimum Gasteiger partial charge on any atom is -0.486 e. The molecule has 0 aliphatic carbocycles. The topological polar surface area (TPSA) is 65.1 Å². The highest BCUT2D eigenvalue weighted by Gasteiger charge is 2.34. The Morgan fingerprint density at radius 3 is 2.48 bits per heavy atom. The maximum Gasteiger partial charge on any atom is 0.324 e. The first kappa shape index (κ1) is 23.9. The van der Waals surface area contributed by atoms with E-state index in [1.54, 1.807) is 0 Å². The Labute approximate surface area is 198 Å². The number of piperidine rings is 1. The van der Waals surface area contributed by atoms with Gasteiger partial charge in [0.25, 0.3) is 0 Å². The molecule has 182 valence electrons. The Morgan fingerprint density at radius 2 is 1.79 bits per heavy atom. The summed E-state index contributed by atoms with van der Waals surface area (Å²) in [5, 5.41) is 3.15. The van der Waals surface area contributed by atoms with Crippen LogP contribution in [0.15, 0.2) is 18.2 Å². The summed E-state index contributed by atoms with van der Waals surface area (Å²) >= 11 is 0. The van der Waals surface area contributed by atoms with Crippen LogP contribution >= 0.6 is 0 Å². The van der Waals surface area contributed by atoms with Gasteiger partial charge < -0.3 is 19.9 Å². The van der Waals surface area contributed by atoms with Gasteiger partial charge in [0.05, 0.1) is 12.2 Å². The SMILES string of the molecule is CC[C@@H]1CN(C(=O)N2CCC(C(=O)NCCN3CCCCCC3)CC2)c2cc(C)ccc2O1. The standard InChI is InChI=1S/C26H40N4O3/c1-3-22-19-30(23-18-20(2)8-9-24(23)33-22)26(32)29-15-10-21(11-16-29)25(31)27-12-17-28-13-6-4-5-7-14-28/h8-9,18,21-22H,3-7,10-17,19H2,1-2H3,(H,27,31)/t22-/m1/s1. The summed E-state index contributed by atoms with van der Waals surface area (Å²) in [6, 6.07) is 6.05. The number of hydrogen-bond acceptors (Lipinski definition) is 4. The fraction of sp³-hybridized carbons (Fsp3) is 0.692. The Kier molecular flexibility index (Phi) is 8.12. The lowest BCUT2D eigenvalue weighted by molar-refractivity contribution is -0.126. The van der Waals surface area contributed by atoms with Crippen LogP contribution in [0.3, 0.4) is 0 Å². The molecule has 3 heterocycles. The zero-order chi connectivity index (χ0) is 23.2. The molecule has 0 aromatic heterocycles. The molecule has 4 rings (SSSR count). The van der Waals surface area contributed by atoms with Crippen molar-refractivity contribution in [2.24, 2.45) is 5.92 Å². The summed E-state index contributed by atoms with van der Waals surface area (Å²) in [4.78, 5) is 32.4. The molecule has 0 unspecified atom stereocenters. The van der Waals surface area contributed by atoms with Gasteiger partial charge in [-0.15, -0.1) is 0 Å². The Bertz CT molecular complexity index is 814. The minimum atomic E-state index is 0.000735. The van der Waals surface area contributed by atoms with E-state index < -0.39 is 0 Å². The minimum absolute atomic E-state index is 0.000735. The molecule has 33 heavy (non-hydrogen) atoms. The van der Waals surface area contributed by atoms with Gasteiger partial charge >= 0.3 is 6.03 Å². The number of rotatable bonds is 5. The van der Waals surface area contributed by atoms with Crippen LogP contribution in [0.25, 0.3) is 0 Å². The average molecular weight is 457 g/mol. The van der Waals surface area contributed by atoms with Crippen molar-refractivity contribution in [1.82, 2.24) is 15.1 Å². The number of aryl methyl sites for hydroxylation is 1. The fourth-order valence-electron chi connectivity index (χ4n) is 5.20. The van der Waals surface area contributed by atoms with E-state index in [4.69, 9.17) is 4.74 Å². The van der Waals surface area contributed by atoms with Gasteiger partial charge in [-0.3, -0.25) is 9.69 Å². The van der Waals surface area contributed by atoms with Gasteiger partial charge in [-0.25, -0.2) is 4.79 Å². The first-order valence-corrected chi connectivity index (χ1v) is 12.9. The average Bonchev–Trinajstić information content (AvgIpc) is 3.12. The van der Waals surface area contributed by atoms with E-state index in [2.05, 4.69) is 17.1 Å². The van der Waals surface area contributed by atoms with Crippen molar-refractivity contribution in [3.63, 3.8) is 0 Å². The molecule has 1 aromatic carbocycles. The molecule has 0 bridgehead atoms. The van der Waals surface area contributed by atoms with Crippen LogP contribution in [0.1, 0.15) is 57.4 Å².